The van der Waals surface area contributed by atoms with Gasteiger partial charge in [-0.25, -0.2) is 8.42 Å². The fourth-order valence-corrected chi connectivity index (χ4v) is 2.74. The van der Waals surface area contributed by atoms with Crippen molar-refractivity contribution in [2.75, 3.05) is 11.6 Å². The highest BCUT2D eigenvalue weighted by atomic mass is 32.2. The van der Waals surface area contributed by atoms with Gasteiger partial charge in [0.15, 0.2) is 9.84 Å². The van der Waals surface area contributed by atoms with Crippen LogP contribution in [0.2, 0.25) is 0 Å². The predicted octanol–water partition coefficient (Wildman–Crippen LogP) is 2.70. The smallest absolute Gasteiger partial charge is 0.322 e. The summed E-state index contributed by atoms with van der Waals surface area (Å²) in [5.41, 5.74) is 2.08. The Labute approximate surface area is 144 Å². The van der Waals surface area contributed by atoms with Crippen LogP contribution in [0.15, 0.2) is 57.8 Å². The molecule has 0 unspecified atom stereocenters. The number of aryl methyl sites for hydroxylation is 1. The monoisotopic (exact) mass is 357 g/mol. The van der Waals surface area contributed by atoms with Gasteiger partial charge in [-0.1, -0.05) is 22.8 Å². The number of carbonyl (C=O) groups excluding carboxylic acids is 1. The first-order valence-electron chi connectivity index (χ1n) is 7.35. The molecule has 128 valence electrons. The first kappa shape index (κ1) is 16.8. The summed E-state index contributed by atoms with van der Waals surface area (Å²) >= 11 is 0. The molecule has 1 amide bonds. The fraction of sp³-hybridized carbons (Fsp3) is 0.118. The van der Waals surface area contributed by atoms with Crippen molar-refractivity contribution in [2.24, 2.45) is 0 Å². The van der Waals surface area contributed by atoms with Crippen LogP contribution in [0.1, 0.15) is 15.9 Å². The molecular formula is C17H15N3O4S. The van der Waals surface area contributed by atoms with Crippen molar-refractivity contribution < 1.29 is 17.6 Å². The van der Waals surface area contributed by atoms with Crippen molar-refractivity contribution in [2.45, 2.75) is 11.8 Å². The van der Waals surface area contributed by atoms with Crippen molar-refractivity contribution in [3.05, 3.63) is 59.7 Å². The molecule has 2 aromatic carbocycles. The van der Waals surface area contributed by atoms with Crippen LogP contribution >= 0.6 is 0 Å². The minimum Gasteiger partial charge on any atom is -0.403 e. The molecule has 1 aromatic heterocycles. The average molecular weight is 357 g/mol. The topological polar surface area (TPSA) is 102 Å². The zero-order chi connectivity index (χ0) is 18.0. The van der Waals surface area contributed by atoms with Crippen LogP contribution in [-0.2, 0) is 9.84 Å². The molecule has 0 aliphatic carbocycles. The van der Waals surface area contributed by atoms with Crippen molar-refractivity contribution >= 4 is 21.8 Å². The average Bonchev–Trinajstić information content (AvgIpc) is 3.03. The molecule has 25 heavy (non-hydrogen) atoms. The number of hydrogen-bond acceptors (Lipinski definition) is 6. The highest BCUT2D eigenvalue weighted by Gasteiger charge is 2.14. The lowest BCUT2D eigenvalue weighted by Crippen LogP contribution is -2.11. The second-order valence-electron chi connectivity index (χ2n) is 5.53. The van der Waals surface area contributed by atoms with E-state index in [1.165, 1.54) is 12.1 Å². The molecule has 0 aliphatic heterocycles. The van der Waals surface area contributed by atoms with Crippen LogP contribution in [-0.4, -0.2) is 30.8 Å². The summed E-state index contributed by atoms with van der Waals surface area (Å²) in [5, 5.41) is 10.2. The minimum absolute atomic E-state index is 0.0345. The van der Waals surface area contributed by atoms with Gasteiger partial charge in [0, 0.05) is 17.4 Å². The van der Waals surface area contributed by atoms with Gasteiger partial charge in [0.25, 0.3) is 5.91 Å². The van der Waals surface area contributed by atoms with Crippen molar-refractivity contribution in [3.8, 4) is 11.5 Å². The molecule has 0 saturated heterocycles. The SMILES string of the molecule is Cc1ccc(C(=O)Nc2nnc(-c3ccc(S(C)(=O)=O)cc3)o2)cc1. The molecule has 7 nitrogen and oxygen atoms in total. The predicted molar refractivity (Wildman–Crippen MR) is 92.0 cm³/mol. The third-order valence-corrected chi connectivity index (χ3v) is 4.62. The number of hydrogen-bond donors (Lipinski definition) is 1. The Morgan fingerprint density at radius 1 is 1.00 bits per heavy atom. The summed E-state index contributed by atoms with van der Waals surface area (Å²) in [6.07, 6.45) is 1.13. The van der Waals surface area contributed by atoms with Gasteiger partial charge in [-0.2, -0.15) is 0 Å². The Balaban J connectivity index is 1.76. The van der Waals surface area contributed by atoms with Gasteiger partial charge in [0.2, 0.25) is 5.89 Å². The van der Waals surface area contributed by atoms with E-state index in [4.69, 9.17) is 4.42 Å². The number of nitrogens with one attached hydrogen (secondary N) is 1. The summed E-state index contributed by atoms with van der Waals surface area (Å²) in [7, 11) is -3.27. The zero-order valence-corrected chi connectivity index (χ0v) is 14.4. The second-order valence-corrected chi connectivity index (χ2v) is 7.54. The fourth-order valence-electron chi connectivity index (χ4n) is 2.11. The second kappa shape index (κ2) is 6.48. The maximum absolute atomic E-state index is 12.1. The van der Waals surface area contributed by atoms with E-state index in [-0.39, 0.29) is 22.7 Å². The molecule has 0 saturated carbocycles. The lowest BCUT2D eigenvalue weighted by atomic mass is 10.1. The highest BCUT2D eigenvalue weighted by molar-refractivity contribution is 7.90. The maximum atomic E-state index is 12.1. The molecular weight excluding hydrogens is 342 g/mol. The van der Waals surface area contributed by atoms with Crippen molar-refractivity contribution in [1.82, 2.24) is 10.2 Å². The van der Waals surface area contributed by atoms with E-state index in [1.54, 1.807) is 24.3 Å². The van der Waals surface area contributed by atoms with Gasteiger partial charge in [0.05, 0.1) is 4.90 Å². The number of benzene rings is 2. The lowest BCUT2D eigenvalue weighted by molar-refractivity contribution is 0.102. The Morgan fingerprint density at radius 3 is 2.24 bits per heavy atom. The minimum atomic E-state index is -3.27. The zero-order valence-electron chi connectivity index (χ0n) is 13.6. The van der Waals surface area contributed by atoms with Gasteiger partial charge >= 0.3 is 6.01 Å². The largest absolute Gasteiger partial charge is 0.403 e. The maximum Gasteiger partial charge on any atom is 0.322 e. The van der Waals surface area contributed by atoms with E-state index in [9.17, 15) is 13.2 Å². The summed E-state index contributed by atoms with van der Waals surface area (Å²) in [4.78, 5) is 12.3. The molecule has 3 aromatic rings. The summed E-state index contributed by atoms with van der Waals surface area (Å²) < 4.78 is 28.3. The van der Waals surface area contributed by atoms with E-state index in [0.29, 0.717) is 11.1 Å². The first-order chi connectivity index (χ1) is 11.8. The van der Waals surface area contributed by atoms with E-state index in [0.717, 1.165) is 11.8 Å². The molecule has 0 fully saturated rings. The van der Waals surface area contributed by atoms with E-state index in [1.807, 2.05) is 19.1 Å². The number of sulfone groups is 1. The number of rotatable bonds is 4. The molecule has 0 bridgehead atoms. The van der Waals surface area contributed by atoms with Crippen LogP contribution < -0.4 is 5.32 Å². The molecule has 1 heterocycles. The van der Waals surface area contributed by atoms with Crippen LogP contribution in [0.3, 0.4) is 0 Å². The van der Waals surface area contributed by atoms with E-state index < -0.39 is 9.84 Å². The van der Waals surface area contributed by atoms with E-state index in [2.05, 4.69) is 15.5 Å². The van der Waals surface area contributed by atoms with Crippen LogP contribution in [0.4, 0.5) is 6.01 Å². The Kier molecular flexibility index (Phi) is 4.37. The molecule has 1 N–H and O–H groups in total. The highest BCUT2D eigenvalue weighted by Crippen LogP contribution is 2.22. The molecule has 0 spiro atoms. The first-order valence-corrected chi connectivity index (χ1v) is 9.24. The molecule has 0 radical (unpaired) electrons. The summed E-state index contributed by atoms with van der Waals surface area (Å²) in [6.45, 7) is 1.93. The normalized spacial score (nSPS) is 11.3. The van der Waals surface area contributed by atoms with E-state index >= 15 is 0 Å². The van der Waals surface area contributed by atoms with Crippen molar-refractivity contribution in [3.63, 3.8) is 0 Å². The lowest BCUT2D eigenvalue weighted by Gasteiger charge is -2.01. The number of aromatic nitrogens is 2. The number of carbonyl (C=O) groups is 1. The number of nitrogens with zero attached hydrogens (tertiary/aromatic N) is 2. The standard InChI is InChI=1S/C17H15N3O4S/c1-11-3-5-12(6-4-11)15(21)18-17-20-19-16(24-17)13-7-9-14(10-8-13)25(2,22)23/h3-10H,1-2H3,(H,18,20,21). The summed E-state index contributed by atoms with van der Waals surface area (Å²) in [5.74, 6) is -0.179. The Morgan fingerprint density at radius 2 is 1.64 bits per heavy atom. The van der Waals surface area contributed by atoms with Gasteiger partial charge in [0.1, 0.15) is 0 Å². The third kappa shape index (κ3) is 3.92. The number of anilines is 1. The van der Waals surface area contributed by atoms with Crippen LogP contribution in [0, 0.1) is 6.92 Å². The quantitative estimate of drug-likeness (QED) is 0.770. The van der Waals surface area contributed by atoms with Gasteiger partial charge in [-0.3, -0.25) is 10.1 Å². The summed E-state index contributed by atoms with van der Waals surface area (Å²) in [6, 6.07) is 13.1. The molecule has 0 aliphatic rings. The van der Waals surface area contributed by atoms with Gasteiger partial charge in [-0.15, -0.1) is 5.10 Å². The van der Waals surface area contributed by atoms with Crippen LogP contribution in [0.5, 0.6) is 0 Å². The molecule has 3 rings (SSSR count). The van der Waals surface area contributed by atoms with Crippen molar-refractivity contribution in [1.29, 1.82) is 0 Å². The Bertz CT molecular complexity index is 1010. The third-order valence-electron chi connectivity index (χ3n) is 3.49. The molecule has 0 atom stereocenters. The van der Waals surface area contributed by atoms with Crippen LogP contribution in [0.25, 0.3) is 11.5 Å². The van der Waals surface area contributed by atoms with Gasteiger partial charge < -0.3 is 4.42 Å². The molecule has 8 heteroatoms. The number of amides is 1. The van der Waals surface area contributed by atoms with Gasteiger partial charge in [-0.05, 0) is 43.3 Å². The Hall–Kier alpha value is -3.00.